The minimum Gasteiger partial charge on any atom is -0.369 e. The van der Waals surface area contributed by atoms with Crippen LogP contribution in [-0.2, 0) is 6.54 Å². The van der Waals surface area contributed by atoms with Crippen molar-refractivity contribution in [2.24, 2.45) is 0 Å². The average molecular weight is 476 g/mol. The molecule has 0 saturated carbocycles. The number of thiazole rings is 1. The van der Waals surface area contributed by atoms with Gasteiger partial charge in [0.15, 0.2) is 0 Å². The Kier molecular flexibility index (Phi) is 7.23. The quantitative estimate of drug-likeness (QED) is 0.585. The normalized spacial score (nSPS) is 18.2. The van der Waals surface area contributed by atoms with E-state index in [1.165, 1.54) is 22.6 Å². The van der Waals surface area contributed by atoms with Crippen molar-refractivity contribution >= 4 is 22.9 Å². The largest absolute Gasteiger partial charge is 0.369 e. The summed E-state index contributed by atoms with van der Waals surface area (Å²) in [5, 5.41) is 5.98. The third kappa shape index (κ3) is 5.66. The molecule has 2 aliphatic rings. The van der Waals surface area contributed by atoms with Gasteiger partial charge in [-0.2, -0.15) is 0 Å². The van der Waals surface area contributed by atoms with Crippen LogP contribution in [0.3, 0.4) is 0 Å². The van der Waals surface area contributed by atoms with E-state index in [4.69, 9.17) is 0 Å². The molecule has 6 nitrogen and oxygen atoms in total. The van der Waals surface area contributed by atoms with E-state index in [-0.39, 0.29) is 11.9 Å². The average Bonchev–Trinajstić information content (AvgIpc) is 3.37. The monoisotopic (exact) mass is 475 g/mol. The number of carbonyl (C=O) groups excluding carboxylic acids is 1. The maximum absolute atomic E-state index is 12.8. The van der Waals surface area contributed by atoms with Crippen LogP contribution in [0.4, 0.5) is 5.69 Å². The van der Waals surface area contributed by atoms with Crippen molar-refractivity contribution in [1.29, 1.82) is 0 Å². The van der Waals surface area contributed by atoms with Gasteiger partial charge in [-0.25, -0.2) is 4.98 Å². The summed E-state index contributed by atoms with van der Waals surface area (Å²) in [6.07, 6.45) is 1.95. The first kappa shape index (κ1) is 23.0. The SMILES string of the molecule is CN1CCN(c2ccc(-c3nc(C(=O)NC4CCN(Cc5ccccc5)CC4)cs3)cc2)CC1. The number of hydrogen-bond acceptors (Lipinski definition) is 6. The second-order valence-corrected chi connectivity index (χ2v) is 10.2. The Labute approximate surface area is 206 Å². The molecular weight excluding hydrogens is 442 g/mol. The molecule has 5 rings (SSSR count). The molecule has 0 radical (unpaired) electrons. The Hall–Kier alpha value is -2.74. The summed E-state index contributed by atoms with van der Waals surface area (Å²) in [7, 11) is 2.17. The maximum Gasteiger partial charge on any atom is 0.270 e. The Morgan fingerprint density at radius 1 is 0.971 bits per heavy atom. The molecule has 2 aromatic carbocycles. The number of hydrogen-bond donors (Lipinski definition) is 1. The number of likely N-dealkylation sites (N-methyl/N-ethyl adjacent to an activating group) is 1. The first-order valence-corrected chi connectivity index (χ1v) is 13.1. The van der Waals surface area contributed by atoms with E-state index in [0.717, 1.165) is 69.2 Å². The van der Waals surface area contributed by atoms with Crippen molar-refractivity contribution in [1.82, 2.24) is 20.1 Å². The zero-order valence-electron chi connectivity index (χ0n) is 19.8. The van der Waals surface area contributed by atoms with E-state index in [1.807, 2.05) is 5.38 Å². The molecule has 34 heavy (non-hydrogen) atoms. The number of nitrogens with zero attached hydrogens (tertiary/aromatic N) is 4. The van der Waals surface area contributed by atoms with E-state index in [2.05, 4.69) is 86.6 Å². The third-order valence-corrected chi connectivity index (χ3v) is 7.78. The number of carbonyl (C=O) groups is 1. The van der Waals surface area contributed by atoms with Gasteiger partial charge in [0.2, 0.25) is 0 Å². The van der Waals surface area contributed by atoms with Gasteiger partial charge < -0.3 is 15.1 Å². The lowest BCUT2D eigenvalue weighted by Crippen LogP contribution is -2.44. The fraction of sp³-hybridized carbons (Fsp3) is 0.407. The van der Waals surface area contributed by atoms with E-state index < -0.39 is 0 Å². The van der Waals surface area contributed by atoms with Crippen LogP contribution in [0.1, 0.15) is 28.9 Å². The van der Waals surface area contributed by atoms with Crippen LogP contribution in [0.15, 0.2) is 60.0 Å². The molecule has 0 unspecified atom stereocenters. The van der Waals surface area contributed by atoms with Crippen molar-refractivity contribution in [3.8, 4) is 10.6 Å². The summed E-state index contributed by atoms with van der Waals surface area (Å²) in [6.45, 7) is 7.29. The second kappa shape index (κ2) is 10.7. The summed E-state index contributed by atoms with van der Waals surface area (Å²) in [5.74, 6) is -0.0573. The van der Waals surface area contributed by atoms with Crippen LogP contribution in [0.5, 0.6) is 0 Å². The lowest BCUT2D eigenvalue weighted by molar-refractivity contribution is 0.0904. The Bertz CT molecular complexity index is 1070. The molecule has 2 saturated heterocycles. The lowest BCUT2D eigenvalue weighted by atomic mass is 10.0. The highest BCUT2D eigenvalue weighted by atomic mass is 32.1. The van der Waals surface area contributed by atoms with Gasteiger partial charge in [0, 0.05) is 68.5 Å². The molecule has 1 amide bonds. The van der Waals surface area contributed by atoms with Crippen molar-refractivity contribution in [3.05, 3.63) is 71.2 Å². The molecular formula is C27H33N5OS. The molecule has 178 valence electrons. The summed E-state index contributed by atoms with van der Waals surface area (Å²) < 4.78 is 0. The van der Waals surface area contributed by atoms with Crippen LogP contribution in [0.25, 0.3) is 10.6 Å². The number of piperazine rings is 1. The molecule has 2 aliphatic heterocycles. The summed E-state index contributed by atoms with van der Waals surface area (Å²) in [4.78, 5) is 24.7. The van der Waals surface area contributed by atoms with Gasteiger partial charge in [0.1, 0.15) is 10.7 Å². The first-order chi connectivity index (χ1) is 16.6. The second-order valence-electron chi connectivity index (χ2n) is 9.38. The smallest absolute Gasteiger partial charge is 0.270 e. The van der Waals surface area contributed by atoms with Gasteiger partial charge >= 0.3 is 0 Å². The predicted octanol–water partition coefficient (Wildman–Crippen LogP) is 3.96. The highest BCUT2D eigenvalue weighted by Gasteiger charge is 2.22. The van der Waals surface area contributed by atoms with Crippen molar-refractivity contribution in [2.45, 2.75) is 25.4 Å². The number of benzene rings is 2. The van der Waals surface area contributed by atoms with Gasteiger partial charge in [-0.05, 0) is 49.7 Å². The fourth-order valence-corrected chi connectivity index (χ4v) is 5.53. The Balaban J connectivity index is 1.12. The predicted molar refractivity (Wildman–Crippen MR) is 139 cm³/mol. The highest BCUT2D eigenvalue weighted by molar-refractivity contribution is 7.13. The molecule has 3 aromatic rings. The van der Waals surface area contributed by atoms with Crippen LogP contribution >= 0.6 is 11.3 Å². The number of nitrogens with one attached hydrogen (secondary N) is 1. The maximum atomic E-state index is 12.8. The molecule has 1 aromatic heterocycles. The fourth-order valence-electron chi connectivity index (χ4n) is 4.73. The number of likely N-dealkylation sites (tertiary alicyclic amines) is 1. The summed E-state index contributed by atoms with van der Waals surface area (Å²) >= 11 is 1.54. The number of anilines is 1. The zero-order valence-corrected chi connectivity index (χ0v) is 20.6. The van der Waals surface area contributed by atoms with Crippen molar-refractivity contribution in [3.63, 3.8) is 0 Å². The van der Waals surface area contributed by atoms with Gasteiger partial charge in [0.25, 0.3) is 5.91 Å². The molecule has 0 atom stereocenters. The summed E-state index contributed by atoms with van der Waals surface area (Å²) in [6, 6.07) is 19.4. The number of amides is 1. The molecule has 2 fully saturated rings. The highest BCUT2D eigenvalue weighted by Crippen LogP contribution is 2.27. The van der Waals surface area contributed by atoms with Gasteiger partial charge in [-0.15, -0.1) is 11.3 Å². The molecule has 0 aliphatic carbocycles. The van der Waals surface area contributed by atoms with Gasteiger partial charge in [-0.3, -0.25) is 9.69 Å². The molecule has 1 N–H and O–H groups in total. The number of aromatic nitrogens is 1. The lowest BCUT2D eigenvalue weighted by Gasteiger charge is -2.34. The number of piperidine rings is 1. The molecule has 0 bridgehead atoms. The van der Waals surface area contributed by atoms with Crippen LogP contribution in [0.2, 0.25) is 0 Å². The van der Waals surface area contributed by atoms with E-state index in [9.17, 15) is 4.79 Å². The minimum atomic E-state index is -0.0573. The molecule has 7 heteroatoms. The van der Waals surface area contributed by atoms with Crippen LogP contribution < -0.4 is 10.2 Å². The van der Waals surface area contributed by atoms with Crippen molar-refractivity contribution in [2.75, 3.05) is 51.2 Å². The summed E-state index contributed by atoms with van der Waals surface area (Å²) in [5.41, 5.74) is 4.19. The van der Waals surface area contributed by atoms with Gasteiger partial charge in [-0.1, -0.05) is 30.3 Å². The minimum absolute atomic E-state index is 0.0573. The topological polar surface area (TPSA) is 51.7 Å². The molecule has 0 spiro atoms. The van der Waals surface area contributed by atoms with Gasteiger partial charge in [0.05, 0.1) is 0 Å². The number of rotatable bonds is 6. The van der Waals surface area contributed by atoms with Crippen molar-refractivity contribution < 1.29 is 4.79 Å². The standard InChI is InChI=1S/C27H33N5OS/c1-30-15-17-32(18-16-30)24-9-7-22(8-10-24)27-29-25(20-34-27)26(33)28-23-11-13-31(14-12-23)19-21-5-3-2-4-6-21/h2-10,20,23H,11-19H2,1H3,(H,28,33). The van der Waals surface area contributed by atoms with E-state index in [0.29, 0.717) is 5.69 Å². The van der Waals surface area contributed by atoms with Crippen LogP contribution in [-0.4, -0.2) is 73.0 Å². The Morgan fingerprint density at radius 2 is 1.68 bits per heavy atom. The third-order valence-electron chi connectivity index (χ3n) is 6.89. The van der Waals surface area contributed by atoms with Crippen LogP contribution in [0, 0.1) is 0 Å². The first-order valence-electron chi connectivity index (χ1n) is 12.2. The molecule has 3 heterocycles. The zero-order chi connectivity index (χ0) is 23.3. The Morgan fingerprint density at radius 3 is 2.38 bits per heavy atom. The van der Waals surface area contributed by atoms with E-state index in [1.54, 1.807) is 0 Å². The van der Waals surface area contributed by atoms with E-state index >= 15 is 0 Å².